The van der Waals surface area contributed by atoms with E-state index in [9.17, 15) is 0 Å². The SMILES string of the molecule is C1=CC(=Cc2ccccc2)CC(c2c(-c3ccccc3)c(-c3ccccc3)c(-c3ccccc3)c3cc4ccccc4cc23)=C1. The standard InChI is InChI=1S/C45H32/c1-5-16-32(17-6-1)28-33-18-15-27-39(29-33)43-41-31-38-26-14-13-25-37(38)30-40(41)42(34-19-7-2-8-20-34)44(35-21-9-3-10-22-35)45(43)36-23-11-4-12-24-36/h1-28,30-31H,29H2. The minimum atomic E-state index is 0.853. The van der Waals surface area contributed by atoms with E-state index < -0.39 is 0 Å². The second kappa shape index (κ2) is 11.8. The van der Waals surface area contributed by atoms with Crippen molar-refractivity contribution in [3.63, 3.8) is 0 Å². The number of fused-ring (bicyclic) bond motifs is 2. The van der Waals surface area contributed by atoms with Crippen LogP contribution in [0, 0.1) is 0 Å². The molecule has 0 spiro atoms. The fourth-order valence-corrected chi connectivity index (χ4v) is 6.86. The first-order chi connectivity index (χ1) is 22.3. The van der Waals surface area contributed by atoms with E-state index in [2.05, 4.69) is 182 Å². The molecule has 0 saturated heterocycles. The second-order valence-corrected chi connectivity index (χ2v) is 11.7. The van der Waals surface area contributed by atoms with Gasteiger partial charge in [0.25, 0.3) is 0 Å². The van der Waals surface area contributed by atoms with Gasteiger partial charge in [-0.25, -0.2) is 0 Å². The number of benzene rings is 7. The quantitative estimate of drug-likeness (QED) is 0.180. The zero-order valence-electron chi connectivity index (χ0n) is 25.0. The lowest BCUT2D eigenvalue weighted by Crippen LogP contribution is -2.01. The molecule has 1 aliphatic carbocycles. The van der Waals surface area contributed by atoms with Crippen molar-refractivity contribution >= 4 is 33.2 Å². The molecule has 0 heterocycles. The second-order valence-electron chi connectivity index (χ2n) is 11.7. The van der Waals surface area contributed by atoms with Gasteiger partial charge < -0.3 is 0 Å². The zero-order valence-corrected chi connectivity index (χ0v) is 25.0. The molecule has 0 bridgehead atoms. The van der Waals surface area contributed by atoms with Crippen LogP contribution < -0.4 is 0 Å². The summed E-state index contributed by atoms with van der Waals surface area (Å²) in [5.41, 5.74) is 12.7. The highest BCUT2D eigenvalue weighted by molar-refractivity contribution is 6.18. The van der Waals surface area contributed by atoms with Crippen LogP contribution in [0.5, 0.6) is 0 Å². The molecular weight excluding hydrogens is 540 g/mol. The average molecular weight is 573 g/mol. The van der Waals surface area contributed by atoms with E-state index in [1.807, 2.05) is 0 Å². The Morgan fingerprint density at radius 1 is 0.422 bits per heavy atom. The van der Waals surface area contributed by atoms with Gasteiger partial charge in [-0.1, -0.05) is 170 Å². The van der Waals surface area contributed by atoms with Gasteiger partial charge in [0, 0.05) is 0 Å². The maximum absolute atomic E-state index is 2.42. The average Bonchev–Trinajstić information content (AvgIpc) is 3.11. The van der Waals surface area contributed by atoms with Gasteiger partial charge in [-0.15, -0.1) is 0 Å². The molecule has 212 valence electrons. The molecule has 0 saturated carbocycles. The Bertz CT molecular complexity index is 2240. The first-order valence-corrected chi connectivity index (χ1v) is 15.7. The Morgan fingerprint density at radius 2 is 0.867 bits per heavy atom. The maximum Gasteiger partial charge on any atom is -0.00142 e. The Hall–Kier alpha value is -5.72. The highest BCUT2D eigenvalue weighted by atomic mass is 14.3. The molecule has 7 aromatic carbocycles. The van der Waals surface area contributed by atoms with Crippen LogP contribution in [-0.4, -0.2) is 0 Å². The molecule has 0 nitrogen and oxygen atoms in total. The molecule has 8 rings (SSSR count). The van der Waals surface area contributed by atoms with Crippen molar-refractivity contribution in [2.24, 2.45) is 0 Å². The van der Waals surface area contributed by atoms with Gasteiger partial charge in [0.2, 0.25) is 0 Å². The summed E-state index contributed by atoms with van der Waals surface area (Å²) < 4.78 is 0. The fraction of sp³-hybridized carbons (Fsp3) is 0.0222. The van der Waals surface area contributed by atoms with Crippen molar-refractivity contribution in [2.45, 2.75) is 6.42 Å². The van der Waals surface area contributed by atoms with E-state index in [1.54, 1.807) is 0 Å². The summed E-state index contributed by atoms with van der Waals surface area (Å²) in [7, 11) is 0. The fourth-order valence-electron chi connectivity index (χ4n) is 6.86. The zero-order chi connectivity index (χ0) is 30.0. The van der Waals surface area contributed by atoms with Crippen LogP contribution in [0.3, 0.4) is 0 Å². The van der Waals surface area contributed by atoms with E-state index in [0.717, 1.165) is 6.42 Å². The summed E-state index contributed by atoms with van der Waals surface area (Å²) in [5, 5.41) is 5.06. The Balaban J connectivity index is 1.53. The largest absolute Gasteiger partial charge is 0.0622 e. The topological polar surface area (TPSA) is 0 Å². The molecule has 0 fully saturated rings. The lowest BCUT2D eigenvalue weighted by Gasteiger charge is -2.26. The number of allylic oxidation sites excluding steroid dienone is 5. The van der Waals surface area contributed by atoms with Gasteiger partial charge in [0.15, 0.2) is 0 Å². The first-order valence-electron chi connectivity index (χ1n) is 15.7. The van der Waals surface area contributed by atoms with Crippen LogP contribution in [0.15, 0.2) is 182 Å². The van der Waals surface area contributed by atoms with Crippen molar-refractivity contribution in [3.8, 4) is 33.4 Å². The molecular formula is C45H32. The third kappa shape index (κ3) is 5.11. The summed E-state index contributed by atoms with van der Waals surface area (Å²) >= 11 is 0. The van der Waals surface area contributed by atoms with Gasteiger partial charge in [-0.2, -0.15) is 0 Å². The molecule has 1 aliphatic rings. The van der Waals surface area contributed by atoms with Crippen molar-refractivity contribution in [2.75, 3.05) is 0 Å². The minimum absolute atomic E-state index is 0.853. The van der Waals surface area contributed by atoms with Crippen LogP contribution in [0.25, 0.3) is 66.6 Å². The van der Waals surface area contributed by atoms with Gasteiger partial charge in [0.1, 0.15) is 0 Å². The summed E-state index contributed by atoms with van der Waals surface area (Å²) in [6.45, 7) is 0. The normalized spacial score (nSPS) is 13.8. The predicted molar refractivity (Wildman–Crippen MR) is 194 cm³/mol. The molecule has 0 aromatic heterocycles. The molecule has 0 radical (unpaired) electrons. The molecule has 0 atom stereocenters. The lowest BCUT2D eigenvalue weighted by atomic mass is 9.77. The highest BCUT2D eigenvalue weighted by Gasteiger charge is 2.25. The Morgan fingerprint density at radius 3 is 1.42 bits per heavy atom. The third-order valence-electron chi connectivity index (χ3n) is 8.84. The number of hydrogen-bond donors (Lipinski definition) is 0. The number of hydrogen-bond acceptors (Lipinski definition) is 0. The molecule has 45 heavy (non-hydrogen) atoms. The lowest BCUT2D eigenvalue weighted by molar-refractivity contribution is 1.30. The molecule has 0 amide bonds. The van der Waals surface area contributed by atoms with Crippen LogP contribution in [0.2, 0.25) is 0 Å². The van der Waals surface area contributed by atoms with Crippen molar-refractivity contribution in [1.29, 1.82) is 0 Å². The molecule has 0 aliphatic heterocycles. The first kappa shape index (κ1) is 26.9. The van der Waals surface area contributed by atoms with Crippen LogP contribution in [-0.2, 0) is 0 Å². The monoisotopic (exact) mass is 572 g/mol. The smallest absolute Gasteiger partial charge is 0.00142 e. The van der Waals surface area contributed by atoms with E-state index in [-0.39, 0.29) is 0 Å². The summed E-state index contributed by atoms with van der Waals surface area (Å²) in [6, 6.07) is 57.1. The summed E-state index contributed by atoms with van der Waals surface area (Å²) in [5.74, 6) is 0. The van der Waals surface area contributed by atoms with E-state index in [4.69, 9.17) is 0 Å². The van der Waals surface area contributed by atoms with E-state index >= 15 is 0 Å². The highest BCUT2D eigenvalue weighted by Crippen LogP contribution is 2.51. The van der Waals surface area contributed by atoms with Crippen LogP contribution >= 0.6 is 0 Å². The van der Waals surface area contributed by atoms with E-state index in [0.29, 0.717) is 0 Å². The van der Waals surface area contributed by atoms with Crippen molar-refractivity contribution < 1.29 is 0 Å². The Labute approximate surface area is 265 Å². The third-order valence-corrected chi connectivity index (χ3v) is 8.84. The van der Waals surface area contributed by atoms with Crippen LogP contribution in [0.4, 0.5) is 0 Å². The van der Waals surface area contributed by atoms with Gasteiger partial charge in [-0.05, 0) is 95.8 Å². The van der Waals surface area contributed by atoms with Crippen molar-refractivity contribution in [3.05, 3.63) is 193 Å². The Kier molecular flexibility index (Phi) is 7.02. The maximum atomic E-state index is 2.42. The summed E-state index contributed by atoms with van der Waals surface area (Å²) in [4.78, 5) is 0. The van der Waals surface area contributed by atoms with Crippen LogP contribution in [0.1, 0.15) is 17.5 Å². The molecule has 0 heteroatoms. The van der Waals surface area contributed by atoms with Gasteiger partial charge in [0.05, 0.1) is 0 Å². The minimum Gasteiger partial charge on any atom is -0.0622 e. The van der Waals surface area contributed by atoms with Crippen molar-refractivity contribution in [1.82, 2.24) is 0 Å². The number of rotatable bonds is 5. The predicted octanol–water partition coefficient (Wildman–Crippen LogP) is 12.4. The summed E-state index contributed by atoms with van der Waals surface area (Å²) in [6.07, 6.45) is 9.98. The van der Waals surface area contributed by atoms with E-state index in [1.165, 1.54) is 77.2 Å². The molecule has 7 aromatic rings. The molecule has 0 unspecified atom stereocenters. The van der Waals surface area contributed by atoms with Gasteiger partial charge >= 0.3 is 0 Å². The molecule has 0 N–H and O–H groups in total. The van der Waals surface area contributed by atoms with Gasteiger partial charge in [-0.3, -0.25) is 0 Å².